The van der Waals surface area contributed by atoms with Crippen LogP contribution < -0.4 is 5.56 Å². The molecule has 1 aromatic rings. The van der Waals surface area contributed by atoms with Gasteiger partial charge in [0.15, 0.2) is 0 Å². The molecular weight excluding hydrogens is 258 g/mol. The van der Waals surface area contributed by atoms with E-state index in [-0.39, 0.29) is 16.5 Å². The third-order valence-electron chi connectivity index (χ3n) is 4.27. The maximum absolute atomic E-state index is 12.2. The molecule has 0 saturated heterocycles. The largest absolute Gasteiger partial charge is 0.478 e. The van der Waals surface area contributed by atoms with Crippen LogP contribution in [0.15, 0.2) is 10.9 Å². The summed E-state index contributed by atoms with van der Waals surface area (Å²) in [6, 6.07) is 1.42. The molecule has 110 valence electrons. The smallest absolute Gasteiger partial charge is 0.337 e. The average Bonchev–Trinajstić information content (AvgIpc) is 3.12. The van der Waals surface area contributed by atoms with E-state index in [0.717, 1.165) is 19.3 Å². The fraction of sp³-hybridized carbons (Fsp3) is 0.600. The molecule has 1 aromatic heterocycles. The van der Waals surface area contributed by atoms with Crippen LogP contribution in [0.2, 0.25) is 0 Å². The van der Waals surface area contributed by atoms with Gasteiger partial charge in [-0.3, -0.25) is 4.79 Å². The molecular formula is C15H21NO4. The van der Waals surface area contributed by atoms with Gasteiger partial charge in [-0.25, -0.2) is 4.79 Å². The van der Waals surface area contributed by atoms with Gasteiger partial charge < -0.3 is 14.4 Å². The van der Waals surface area contributed by atoms with Gasteiger partial charge in [0, 0.05) is 32.0 Å². The fourth-order valence-electron chi connectivity index (χ4n) is 2.76. The Labute approximate surface area is 118 Å². The Balaban J connectivity index is 2.35. The van der Waals surface area contributed by atoms with Crippen LogP contribution in [0, 0.1) is 19.3 Å². The predicted octanol–water partition coefficient (Wildman–Crippen LogP) is 1.98. The topological polar surface area (TPSA) is 68.5 Å². The van der Waals surface area contributed by atoms with Crippen molar-refractivity contribution in [3.8, 4) is 0 Å². The van der Waals surface area contributed by atoms with Gasteiger partial charge in [-0.05, 0) is 44.1 Å². The van der Waals surface area contributed by atoms with Crippen molar-refractivity contribution in [3.05, 3.63) is 33.2 Å². The fourth-order valence-corrected chi connectivity index (χ4v) is 2.76. The lowest BCUT2D eigenvalue weighted by Gasteiger charge is -2.20. The summed E-state index contributed by atoms with van der Waals surface area (Å²) in [7, 11) is 1.67. The number of carboxylic acid groups (broad SMARTS) is 1. The van der Waals surface area contributed by atoms with Crippen molar-refractivity contribution in [2.24, 2.45) is 5.41 Å². The maximum atomic E-state index is 12.2. The van der Waals surface area contributed by atoms with Crippen molar-refractivity contribution in [1.82, 2.24) is 4.57 Å². The molecule has 0 aliphatic heterocycles. The summed E-state index contributed by atoms with van der Waals surface area (Å²) < 4.78 is 6.73. The summed E-state index contributed by atoms with van der Waals surface area (Å²) in [4.78, 5) is 23.5. The third-order valence-corrected chi connectivity index (χ3v) is 4.27. The summed E-state index contributed by atoms with van der Waals surface area (Å²) in [5.41, 5.74) is 1.31. The minimum absolute atomic E-state index is 0.107. The van der Waals surface area contributed by atoms with Crippen molar-refractivity contribution in [1.29, 1.82) is 0 Å². The Morgan fingerprint density at radius 2 is 2.10 bits per heavy atom. The van der Waals surface area contributed by atoms with E-state index >= 15 is 0 Å². The van der Waals surface area contributed by atoms with Crippen LogP contribution in [0.3, 0.4) is 0 Å². The average molecular weight is 279 g/mol. The highest BCUT2D eigenvalue weighted by atomic mass is 16.5. The minimum Gasteiger partial charge on any atom is -0.478 e. The third kappa shape index (κ3) is 2.77. The second-order valence-electron chi connectivity index (χ2n) is 5.76. The van der Waals surface area contributed by atoms with E-state index in [9.17, 15) is 14.7 Å². The van der Waals surface area contributed by atoms with Crippen LogP contribution in [0.5, 0.6) is 0 Å². The molecule has 1 saturated carbocycles. The molecule has 1 aliphatic rings. The van der Waals surface area contributed by atoms with Gasteiger partial charge in [0.25, 0.3) is 5.56 Å². The van der Waals surface area contributed by atoms with Gasteiger partial charge in [-0.2, -0.15) is 0 Å². The van der Waals surface area contributed by atoms with E-state index in [1.807, 2.05) is 0 Å². The number of aromatic nitrogens is 1. The molecule has 1 fully saturated rings. The van der Waals surface area contributed by atoms with Crippen LogP contribution in [-0.2, 0) is 11.3 Å². The highest BCUT2D eigenvalue weighted by Crippen LogP contribution is 2.50. The molecule has 0 spiro atoms. The zero-order chi connectivity index (χ0) is 14.9. The van der Waals surface area contributed by atoms with Crippen LogP contribution >= 0.6 is 0 Å². The number of ether oxygens (including phenoxy) is 1. The van der Waals surface area contributed by atoms with Gasteiger partial charge >= 0.3 is 5.97 Å². The summed E-state index contributed by atoms with van der Waals surface area (Å²) >= 11 is 0. The molecule has 0 unspecified atom stereocenters. The molecule has 5 nitrogen and oxygen atoms in total. The molecule has 1 N–H and O–H groups in total. The summed E-state index contributed by atoms with van der Waals surface area (Å²) in [6.45, 7) is 4.64. The van der Waals surface area contributed by atoms with E-state index in [4.69, 9.17) is 4.74 Å². The van der Waals surface area contributed by atoms with Crippen LogP contribution in [0.25, 0.3) is 0 Å². The van der Waals surface area contributed by atoms with Gasteiger partial charge in [-0.15, -0.1) is 0 Å². The van der Waals surface area contributed by atoms with Crippen molar-refractivity contribution in [2.45, 2.75) is 39.7 Å². The number of aromatic carboxylic acids is 1. The lowest BCUT2D eigenvalue weighted by molar-refractivity contribution is 0.0693. The second kappa shape index (κ2) is 5.40. The molecule has 0 bridgehead atoms. The normalized spacial score (nSPS) is 16.1. The Hall–Kier alpha value is -1.62. The van der Waals surface area contributed by atoms with Crippen molar-refractivity contribution >= 4 is 5.97 Å². The van der Waals surface area contributed by atoms with E-state index in [1.54, 1.807) is 25.5 Å². The number of pyridine rings is 1. The summed E-state index contributed by atoms with van der Waals surface area (Å²) in [5.74, 6) is -0.976. The number of hydrogen-bond acceptors (Lipinski definition) is 3. The lowest BCUT2D eigenvalue weighted by Crippen LogP contribution is -2.29. The van der Waals surface area contributed by atoms with Crippen LogP contribution in [0.1, 0.15) is 40.9 Å². The summed E-state index contributed by atoms with van der Waals surface area (Å²) in [6.07, 6.45) is 3.04. The molecule has 0 atom stereocenters. The lowest BCUT2D eigenvalue weighted by atomic mass is 10.0. The first-order chi connectivity index (χ1) is 9.40. The standard InChI is InChI=1S/C15H21NO4/c1-10-8-12(17)16(11(2)13(10)14(18)19)9-15(4-5-15)6-7-20-3/h8H,4-7,9H2,1-3H3,(H,18,19). The zero-order valence-corrected chi connectivity index (χ0v) is 12.2. The quantitative estimate of drug-likeness (QED) is 0.864. The number of methoxy groups -OCH3 is 1. The molecule has 20 heavy (non-hydrogen) atoms. The highest BCUT2D eigenvalue weighted by molar-refractivity contribution is 5.90. The van der Waals surface area contributed by atoms with E-state index in [0.29, 0.717) is 24.4 Å². The van der Waals surface area contributed by atoms with Crippen molar-refractivity contribution < 1.29 is 14.6 Å². The Morgan fingerprint density at radius 3 is 2.60 bits per heavy atom. The van der Waals surface area contributed by atoms with Gasteiger partial charge in [0.2, 0.25) is 0 Å². The Morgan fingerprint density at radius 1 is 1.45 bits per heavy atom. The Bertz CT molecular complexity index is 584. The van der Waals surface area contributed by atoms with Crippen LogP contribution in [0.4, 0.5) is 0 Å². The van der Waals surface area contributed by atoms with E-state index in [2.05, 4.69) is 0 Å². The number of carbonyl (C=O) groups is 1. The molecule has 0 radical (unpaired) electrons. The predicted molar refractivity (Wildman–Crippen MR) is 75.3 cm³/mol. The monoisotopic (exact) mass is 279 g/mol. The van der Waals surface area contributed by atoms with Crippen LogP contribution in [-0.4, -0.2) is 29.4 Å². The van der Waals surface area contributed by atoms with Crippen molar-refractivity contribution in [3.63, 3.8) is 0 Å². The first kappa shape index (κ1) is 14.8. The van der Waals surface area contributed by atoms with Gasteiger partial charge in [0.05, 0.1) is 5.56 Å². The number of nitrogens with zero attached hydrogens (tertiary/aromatic N) is 1. The molecule has 1 aliphatic carbocycles. The highest BCUT2D eigenvalue weighted by Gasteiger charge is 2.42. The van der Waals surface area contributed by atoms with E-state index < -0.39 is 5.97 Å². The summed E-state index contributed by atoms with van der Waals surface area (Å²) in [5, 5.41) is 9.28. The SMILES string of the molecule is COCCC1(Cn2c(C)c(C(=O)O)c(C)cc2=O)CC1. The first-order valence-electron chi connectivity index (χ1n) is 6.83. The van der Waals surface area contributed by atoms with Gasteiger partial charge in [0.1, 0.15) is 0 Å². The van der Waals surface area contributed by atoms with Gasteiger partial charge in [-0.1, -0.05) is 0 Å². The first-order valence-corrected chi connectivity index (χ1v) is 6.83. The number of aryl methyl sites for hydroxylation is 1. The molecule has 0 amide bonds. The number of hydrogen-bond donors (Lipinski definition) is 1. The number of rotatable bonds is 6. The zero-order valence-electron chi connectivity index (χ0n) is 12.2. The maximum Gasteiger partial charge on any atom is 0.337 e. The van der Waals surface area contributed by atoms with Crippen molar-refractivity contribution in [2.75, 3.05) is 13.7 Å². The molecule has 5 heteroatoms. The number of carboxylic acids is 1. The van der Waals surface area contributed by atoms with E-state index in [1.165, 1.54) is 6.07 Å². The minimum atomic E-state index is -0.976. The molecule has 1 heterocycles. The second-order valence-corrected chi connectivity index (χ2v) is 5.76. The molecule has 0 aromatic carbocycles. The molecule has 2 rings (SSSR count). The Kier molecular flexibility index (Phi) is 3.99.